The molecule has 7 rings (SSSR count). The second-order valence-electron chi connectivity index (χ2n) is 9.21. The van der Waals surface area contributed by atoms with Gasteiger partial charge in [-0.1, -0.05) is 18.2 Å². The Morgan fingerprint density at radius 3 is 2.91 bits per heavy atom. The second kappa shape index (κ2) is 8.36. The van der Waals surface area contributed by atoms with Crippen LogP contribution >= 0.6 is 0 Å². The maximum Gasteiger partial charge on any atom is 0.231 e. The highest BCUT2D eigenvalue weighted by Crippen LogP contribution is 2.43. The molecule has 0 aliphatic carbocycles. The monoisotopic (exact) mass is 444 g/mol. The van der Waals surface area contributed by atoms with Crippen LogP contribution < -0.4 is 14.2 Å². The number of piperidine rings is 3. The highest BCUT2D eigenvalue weighted by atomic mass is 16.7. The number of rotatable bonds is 5. The summed E-state index contributed by atoms with van der Waals surface area (Å²) in [6.07, 6.45) is 7.94. The normalized spacial score (nSPS) is 26.7. The van der Waals surface area contributed by atoms with Crippen molar-refractivity contribution in [1.29, 1.82) is 0 Å². The molecule has 5 heterocycles. The van der Waals surface area contributed by atoms with Gasteiger partial charge in [-0.25, -0.2) is 0 Å². The maximum atomic E-state index is 11.5. The number of methoxy groups -OCH3 is 1. The molecule has 3 saturated heterocycles. The number of aliphatic hydroxyl groups is 1. The molecule has 3 fully saturated rings. The van der Waals surface area contributed by atoms with Gasteiger partial charge >= 0.3 is 0 Å². The van der Waals surface area contributed by atoms with Crippen molar-refractivity contribution in [2.24, 2.45) is 11.8 Å². The molecule has 1 aromatic heterocycles. The lowest BCUT2D eigenvalue weighted by molar-refractivity contribution is -0.0444. The number of aromatic nitrogens is 1. The number of hydrogen-bond acceptors (Lipinski definition) is 6. The fourth-order valence-corrected chi connectivity index (χ4v) is 5.65. The van der Waals surface area contributed by atoms with Crippen LogP contribution in [-0.4, -0.2) is 48.0 Å². The third-order valence-electron chi connectivity index (χ3n) is 7.45. The second-order valence-corrected chi connectivity index (χ2v) is 9.21. The maximum absolute atomic E-state index is 11.5. The van der Waals surface area contributed by atoms with Gasteiger partial charge in [-0.05, 0) is 78.7 Å². The smallest absolute Gasteiger partial charge is 0.231 e. The Balaban J connectivity index is 1.20. The summed E-state index contributed by atoms with van der Waals surface area (Å²) in [4.78, 5) is 6.94. The van der Waals surface area contributed by atoms with Crippen LogP contribution in [0.2, 0.25) is 0 Å². The first-order valence-electron chi connectivity index (χ1n) is 11.6. The average Bonchev–Trinajstić information content (AvgIpc) is 3.34. The Hall–Kier alpha value is -3.09. The zero-order valence-corrected chi connectivity index (χ0v) is 18.7. The molecule has 170 valence electrons. The zero-order valence-electron chi connectivity index (χ0n) is 18.7. The molecular formula is C27H28N2O4. The predicted octanol–water partition coefficient (Wildman–Crippen LogP) is 4.43. The first-order valence-corrected chi connectivity index (χ1v) is 11.6. The Kier molecular flexibility index (Phi) is 5.19. The molecule has 5 atom stereocenters. The van der Waals surface area contributed by atoms with E-state index in [0.29, 0.717) is 18.6 Å². The number of pyridine rings is 1. The third-order valence-corrected chi connectivity index (χ3v) is 7.45. The molecule has 0 saturated carbocycles. The molecule has 4 unspecified atom stereocenters. The summed E-state index contributed by atoms with van der Waals surface area (Å²) in [5.74, 6) is 3.47. The number of fused-ring (bicyclic) bond motifs is 5. The molecule has 2 aromatic carbocycles. The van der Waals surface area contributed by atoms with Gasteiger partial charge in [0.1, 0.15) is 5.75 Å². The summed E-state index contributed by atoms with van der Waals surface area (Å²) in [6.45, 7) is 2.30. The Morgan fingerprint density at radius 2 is 2.06 bits per heavy atom. The SMILES string of the molecule is COc1ccc2nccc([C@@H](O)C3CC4CCN3CC4/C=C/c3ccc4c(c3)OCO4)c2c1. The van der Waals surface area contributed by atoms with Crippen molar-refractivity contribution in [2.75, 3.05) is 27.0 Å². The summed E-state index contributed by atoms with van der Waals surface area (Å²) in [5, 5.41) is 12.4. The molecule has 4 aliphatic heterocycles. The van der Waals surface area contributed by atoms with Gasteiger partial charge in [0.15, 0.2) is 11.5 Å². The van der Waals surface area contributed by atoms with Crippen LogP contribution in [-0.2, 0) is 0 Å². The van der Waals surface area contributed by atoms with Crippen LogP contribution in [0.25, 0.3) is 17.0 Å². The number of aliphatic hydroxyl groups excluding tert-OH is 1. The van der Waals surface area contributed by atoms with Gasteiger partial charge in [-0.3, -0.25) is 9.88 Å². The molecule has 0 amide bonds. The lowest BCUT2D eigenvalue weighted by atomic mass is 9.73. The van der Waals surface area contributed by atoms with Crippen molar-refractivity contribution in [1.82, 2.24) is 9.88 Å². The van der Waals surface area contributed by atoms with Crippen LogP contribution in [0.1, 0.15) is 30.1 Å². The minimum Gasteiger partial charge on any atom is -0.497 e. The van der Waals surface area contributed by atoms with Crippen molar-refractivity contribution >= 4 is 17.0 Å². The van der Waals surface area contributed by atoms with E-state index in [-0.39, 0.29) is 6.04 Å². The van der Waals surface area contributed by atoms with E-state index in [1.54, 1.807) is 13.3 Å². The van der Waals surface area contributed by atoms with E-state index in [4.69, 9.17) is 14.2 Å². The van der Waals surface area contributed by atoms with Gasteiger partial charge in [0.25, 0.3) is 0 Å². The largest absolute Gasteiger partial charge is 0.497 e. The van der Waals surface area contributed by atoms with E-state index in [1.807, 2.05) is 36.4 Å². The van der Waals surface area contributed by atoms with E-state index in [1.165, 1.54) is 6.42 Å². The summed E-state index contributed by atoms with van der Waals surface area (Å²) in [6, 6.07) is 14.0. The Morgan fingerprint density at radius 1 is 1.15 bits per heavy atom. The van der Waals surface area contributed by atoms with Gasteiger partial charge < -0.3 is 19.3 Å². The zero-order chi connectivity index (χ0) is 22.4. The first kappa shape index (κ1) is 20.5. The molecule has 6 heteroatoms. The lowest BCUT2D eigenvalue weighted by Crippen LogP contribution is -2.54. The van der Waals surface area contributed by atoms with Crippen molar-refractivity contribution < 1.29 is 19.3 Å². The van der Waals surface area contributed by atoms with E-state index in [0.717, 1.165) is 58.8 Å². The number of hydrogen-bond donors (Lipinski definition) is 1. The van der Waals surface area contributed by atoms with Crippen molar-refractivity contribution in [3.8, 4) is 17.2 Å². The Bertz CT molecular complexity index is 1210. The fraction of sp³-hybridized carbons (Fsp3) is 0.370. The molecular weight excluding hydrogens is 416 g/mol. The molecule has 0 spiro atoms. The molecule has 3 aromatic rings. The van der Waals surface area contributed by atoms with E-state index >= 15 is 0 Å². The van der Waals surface area contributed by atoms with E-state index < -0.39 is 6.10 Å². The standard InChI is InChI=1S/C27H28N2O4/c1-31-20-5-6-23-22(14-20)21(8-10-28-23)27(30)24-13-18-9-11-29(24)15-19(18)4-2-17-3-7-25-26(12-17)33-16-32-25/h2-8,10,12,14,18-19,24,27,30H,9,11,13,15-16H2,1H3/b4-2+/t18?,19?,24?,27-/m1/s1. The van der Waals surface area contributed by atoms with Crippen molar-refractivity contribution in [2.45, 2.75) is 25.0 Å². The van der Waals surface area contributed by atoms with Gasteiger partial charge in [0.05, 0.1) is 18.7 Å². The summed E-state index contributed by atoms with van der Waals surface area (Å²) < 4.78 is 16.3. The van der Waals surface area contributed by atoms with Gasteiger partial charge in [0.2, 0.25) is 6.79 Å². The van der Waals surface area contributed by atoms with Crippen LogP contribution in [0.3, 0.4) is 0 Å². The lowest BCUT2D eigenvalue weighted by Gasteiger charge is -2.50. The summed E-state index contributed by atoms with van der Waals surface area (Å²) in [7, 11) is 1.66. The average molecular weight is 445 g/mol. The van der Waals surface area contributed by atoms with Crippen LogP contribution in [0.5, 0.6) is 17.2 Å². The fourth-order valence-electron chi connectivity index (χ4n) is 5.65. The quantitative estimate of drug-likeness (QED) is 0.628. The van der Waals surface area contributed by atoms with Crippen LogP contribution in [0.4, 0.5) is 0 Å². The van der Waals surface area contributed by atoms with Gasteiger partial charge in [0, 0.05) is 24.2 Å². The van der Waals surface area contributed by atoms with Crippen LogP contribution in [0.15, 0.2) is 54.7 Å². The molecule has 0 radical (unpaired) electrons. The van der Waals surface area contributed by atoms with Crippen molar-refractivity contribution in [3.05, 3.63) is 65.9 Å². The van der Waals surface area contributed by atoms with Gasteiger partial charge in [-0.2, -0.15) is 0 Å². The summed E-state index contributed by atoms with van der Waals surface area (Å²) >= 11 is 0. The Labute approximate surface area is 193 Å². The summed E-state index contributed by atoms with van der Waals surface area (Å²) in [5.41, 5.74) is 2.95. The minimum atomic E-state index is -0.552. The molecule has 1 N–H and O–H groups in total. The molecule has 4 aliphatic rings. The van der Waals surface area contributed by atoms with Crippen molar-refractivity contribution in [3.63, 3.8) is 0 Å². The van der Waals surface area contributed by atoms with Gasteiger partial charge in [-0.15, -0.1) is 0 Å². The number of benzene rings is 2. The molecule has 33 heavy (non-hydrogen) atoms. The minimum absolute atomic E-state index is 0.121. The highest BCUT2D eigenvalue weighted by Gasteiger charge is 2.42. The number of ether oxygens (including phenoxy) is 3. The molecule has 6 nitrogen and oxygen atoms in total. The van der Waals surface area contributed by atoms with E-state index in [9.17, 15) is 5.11 Å². The topological polar surface area (TPSA) is 64.1 Å². The highest BCUT2D eigenvalue weighted by molar-refractivity contribution is 5.84. The number of nitrogens with zero attached hydrogens (tertiary/aromatic N) is 2. The predicted molar refractivity (Wildman–Crippen MR) is 126 cm³/mol. The van der Waals surface area contributed by atoms with E-state index in [2.05, 4.69) is 28.1 Å². The first-order chi connectivity index (χ1) is 16.2. The third kappa shape index (κ3) is 3.73. The van der Waals surface area contributed by atoms with Crippen LogP contribution in [0, 0.1) is 11.8 Å². The molecule has 2 bridgehead atoms.